The molecule has 4 aromatic carbocycles. The van der Waals surface area contributed by atoms with Gasteiger partial charge in [-0.15, -0.1) is 0 Å². The standard InChI is InChI=1S/C26H21N3O2/c30-25-15-20(17-29(25)21-10-2-1-3-11-21)26(31)28-27-16-24-22-12-6-4-8-18(22)14-19-9-5-7-13-23(19)24/h1-14,16,20H,15,17H2,(H,28,31)/b27-16-/t20-/m1/s1. The van der Waals surface area contributed by atoms with Gasteiger partial charge in [0, 0.05) is 24.2 Å². The number of nitrogens with one attached hydrogen (secondary N) is 1. The van der Waals surface area contributed by atoms with Crippen LogP contribution in [0.1, 0.15) is 12.0 Å². The Labute approximate surface area is 180 Å². The van der Waals surface area contributed by atoms with Crippen molar-refractivity contribution >= 4 is 45.3 Å². The van der Waals surface area contributed by atoms with Crippen molar-refractivity contribution in [3.63, 3.8) is 0 Å². The molecule has 1 fully saturated rings. The number of benzene rings is 4. The number of rotatable bonds is 4. The maximum Gasteiger partial charge on any atom is 0.245 e. The predicted octanol–water partition coefficient (Wildman–Crippen LogP) is 4.50. The van der Waals surface area contributed by atoms with Crippen LogP contribution < -0.4 is 10.3 Å². The highest BCUT2D eigenvalue weighted by Crippen LogP contribution is 2.27. The first-order chi connectivity index (χ1) is 15.2. The zero-order chi connectivity index (χ0) is 21.2. The number of anilines is 1. The Morgan fingerprint density at radius 2 is 1.52 bits per heavy atom. The van der Waals surface area contributed by atoms with E-state index in [0.717, 1.165) is 32.8 Å². The third-order valence-corrected chi connectivity index (χ3v) is 5.75. The molecule has 1 aliphatic heterocycles. The van der Waals surface area contributed by atoms with Gasteiger partial charge in [0.2, 0.25) is 11.8 Å². The largest absolute Gasteiger partial charge is 0.312 e. The van der Waals surface area contributed by atoms with Crippen LogP contribution in [-0.2, 0) is 9.59 Å². The lowest BCUT2D eigenvalue weighted by Gasteiger charge is -2.16. The minimum atomic E-state index is -0.422. The first-order valence-electron chi connectivity index (χ1n) is 10.3. The molecule has 0 bridgehead atoms. The van der Waals surface area contributed by atoms with Gasteiger partial charge in [-0.2, -0.15) is 5.10 Å². The van der Waals surface area contributed by atoms with Gasteiger partial charge in [0.15, 0.2) is 0 Å². The lowest BCUT2D eigenvalue weighted by Crippen LogP contribution is -2.30. The Balaban J connectivity index is 1.37. The van der Waals surface area contributed by atoms with Gasteiger partial charge >= 0.3 is 0 Å². The van der Waals surface area contributed by atoms with Crippen molar-refractivity contribution in [3.05, 3.63) is 90.5 Å². The Morgan fingerprint density at radius 3 is 2.19 bits per heavy atom. The van der Waals surface area contributed by atoms with Crippen molar-refractivity contribution in [1.29, 1.82) is 0 Å². The summed E-state index contributed by atoms with van der Waals surface area (Å²) >= 11 is 0. The van der Waals surface area contributed by atoms with Crippen LogP contribution in [0.15, 0.2) is 90.0 Å². The average molecular weight is 407 g/mol. The third kappa shape index (κ3) is 3.66. The van der Waals surface area contributed by atoms with Crippen molar-refractivity contribution < 1.29 is 9.59 Å². The van der Waals surface area contributed by atoms with E-state index in [1.54, 1.807) is 11.1 Å². The van der Waals surface area contributed by atoms with Crippen LogP contribution in [0.25, 0.3) is 21.5 Å². The fourth-order valence-electron chi connectivity index (χ4n) is 4.18. The lowest BCUT2D eigenvalue weighted by atomic mass is 9.97. The summed E-state index contributed by atoms with van der Waals surface area (Å²) in [5.74, 6) is -0.711. The number of hydrogen-bond acceptors (Lipinski definition) is 3. The molecule has 4 aromatic rings. The number of nitrogens with zero attached hydrogens (tertiary/aromatic N) is 2. The summed E-state index contributed by atoms with van der Waals surface area (Å²) in [7, 11) is 0. The van der Waals surface area contributed by atoms with Gasteiger partial charge in [-0.25, -0.2) is 5.43 Å². The number of hydrazone groups is 1. The van der Waals surface area contributed by atoms with E-state index < -0.39 is 5.92 Å². The molecule has 1 saturated heterocycles. The van der Waals surface area contributed by atoms with Gasteiger partial charge in [0.25, 0.3) is 0 Å². The molecule has 0 radical (unpaired) electrons. The topological polar surface area (TPSA) is 61.8 Å². The summed E-state index contributed by atoms with van der Waals surface area (Å²) in [4.78, 5) is 26.7. The van der Waals surface area contributed by atoms with Gasteiger partial charge in [0.05, 0.1) is 12.1 Å². The Bertz CT molecular complexity index is 1260. The summed E-state index contributed by atoms with van der Waals surface area (Å²) in [6.45, 7) is 0.362. The highest BCUT2D eigenvalue weighted by atomic mass is 16.2. The molecule has 0 unspecified atom stereocenters. The first-order valence-corrected chi connectivity index (χ1v) is 10.3. The number of fused-ring (bicyclic) bond motifs is 2. The summed E-state index contributed by atoms with van der Waals surface area (Å²) in [5, 5.41) is 8.64. The molecular weight excluding hydrogens is 386 g/mol. The van der Waals surface area contributed by atoms with Crippen molar-refractivity contribution in [2.45, 2.75) is 6.42 Å². The van der Waals surface area contributed by atoms with Crippen LogP contribution in [-0.4, -0.2) is 24.6 Å². The van der Waals surface area contributed by atoms with Gasteiger partial charge in [-0.1, -0.05) is 66.7 Å². The fourth-order valence-corrected chi connectivity index (χ4v) is 4.18. The number of para-hydroxylation sites is 1. The summed E-state index contributed by atoms with van der Waals surface area (Å²) in [5.41, 5.74) is 4.42. The van der Waals surface area contributed by atoms with E-state index in [2.05, 4.69) is 40.9 Å². The van der Waals surface area contributed by atoms with Gasteiger partial charge in [-0.05, 0) is 39.7 Å². The van der Waals surface area contributed by atoms with Crippen LogP contribution in [0.2, 0.25) is 0 Å². The number of carbonyl (C=O) groups is 2. The zero-order valence-corrected chi connectivity index (χ0v) is 16.9. The molecule has 31 heavy (non-hydrogen) atoms. The monoisotopic (exact) mass is 407 g/mol. The SMILES string of the molecule is O=C(N/N=C\c1c2ccccc2cc2ccccc12)[C@@H]1CC(=O)N(c2ccccc2)C1. The Kier molecular flexibility index (Phi) is 4.92. The maximum absolute atomic E-state index is 12.7. The van der Waals surface area contributed by atoms with E-state index in [0.29, 0.717) is 6.54 Å². The number of amides is 2. The molecule has 5 nitrogen and oxygen atoms in total. The molecule has 1 N–H and O–H groups in total. The normalized spacial score (nSPS) is 16.5. The van der Waals surface area contributed by atoms with Crippen LogP contribution in [0.3, 0.4) is 0 Å². The van der Waals surface area contributed by atoms with E-state index in [-0.39, 0.29) is 18.2 Å². The third-order valence-electron chi connectivity index (χ3n) is 5.75. The molecule has 1 aliphatic rings. The predicted molar refractivity (Wildman–Crippen MR) is 124 cm³/mol. The second-order valence-electron chi connectivity index (χ2n) is 7.71. The minimum absolute atomic E-state index is 0.0459. The average Bonchev–Trinajstić information content (AvgIpc) is 3.21. The van der Waals surface area contributed by atoms with Crippen LogP contribution in [0.4, 0.5) is 5.69 Å². The lowest BCUT2D eigenvalue weighted by molar-refractivity contribution is -0.126. The quantitative estimate of drug-likeness (QED) is 0.308. The summed E-state index contributed by atoms with van der Waals surface area (Å²) < 4.78 is 0. The van der Waals surface area contributed by atoms with E-state index >= 15 is 0 Å². The number of carbonyl (C=O) groups excluding carboxylic acids is 2. The molecule has 0 aliphatic carbocycles. The Hall–Kier alpha value is -3.99. The second kappa shape index (κ2) is 8.03. The first kappa shape index (κ1) is 19.0. The summed E-state index contributed by atoms with van der Waals surface area (Å²) in [6.07, 6.45) is 1.89. The van der Waals surface area contributed by atoms with E-state index in [4.69, 9.17) is 0 Å². The molecule has 0 aromatic heterocycles. The molecule has 152 valence electrons. The van der Waals surface area contributed by atoms with Crippen molar-refractivity contribution in [2.24, 2.45) is 11.0 Å². The highest BCUT2D eigenvalue weighted by molar-refractivity contribution is 6.13. The molecule has 5 rings (SSSR count). The van der Waals surface area contributed by atoms with Crippen LogP contribution >= 0.6 is 0 Å². The molecule has 0 saturated carbocycles. The molecule has 5 heteroatoms. The smallest absolute Gasteiger partial charge is 0.245 e. The van der Waals surface area contributed by atoms with Crippen LogP contribution in [0, 0.1) is 5.92 Å². The van der Waals surface area contributed by atoms with Crippen LogP contribution in [0.5, 0.6) is 0 Å². The Morgan fingerprint density at radius 1 is 0.903 bits per heavy atom. The van der Waals surface area contributed by atoms with Gasteiger partial charge in [0.1, 0.15) is 0 Å². The minimum Gasteiger partial charge on any atom is -0.312 e. The van der Waals surface area contributed by atoms with Gasteiger partial charge < -0.3 is 4.90 Å². The number of hydrogen-bond donors (Lipinski definition) is 1. The molecule has 0 spiro atoms. The van der Waals surface area contributed by atoms with Crippen molar-refractivity contribution in [2.75, 3.05) is 11.4 Å². The second-order valence-corrected chi connectivity index (χ2v) is 7.71. The zero-order valence-electron chi connectivity index (χ0n) is 16.9. The summed E-state index contributed by atoms with van der Waals surface area (Å²) in [6, 6.07) is 27.8. The molecule has 1 atom stereocenters. The van der Waals surface area contributed by atoms with E-state index in [1.807, 2.05) is 54.6 Å². The molecule has 2 amide bonds. The molecular formula is C26H21N3O2. The molecule has 1 heterocycles. The maximum atomic E-state index is 12.7. The van der Waals surface area contributed by atoms with Crippen molar-refractivity contribution in [1.82, 2.24) is 5.43 Å². The van der Waals surface area contributed by atoms with E-state index in [1.165, 1.54) is 0 Å². The fraction of sp³-hybridized carbons (Fsp3) is 0.115. The highest BCUT2D eigenvalue weighted by Gasteiger charge is 2.35. The van der Waals surface area contributed by atoms with Crippen molar-refractivity contribution in [3.8, 4) is 0 Å². The van der Waals surface area contributed by atoms with E-state index in [9.17, 15) is 9.59 Å². The van der Waals surface area contributed by atoms with Gasteiger partial charge in [-0.3, -0.25) is 9.59 Å².